The first-order valence-electron chi connectivity index (χ1n) is 11.2. The van der Waals surface area contributed by atoms with Gasteiger partial charge in [-0.1, -0.05) is 42.5 Å². The summed E-state index contributed by atoms with van der Waals surface area (Å²) in [7, 11) is 1.53. The Bertz CT molecular complexity index is 1360. The number of hydrazine groups is 1. The normalized spacial score (nSPS) is 12.3. The number of hydrogen-bond acceptors (Lipinski definition) is 7. The molecule has 0 bridgehead atoms. The van der Waals surface area contributed by atoms with Gasteiger partial charge in [0.2, 0.25) is 5.95 Å². The first-order chi connectivity index (χ1) is 17.2. The van der Waals surface area contributed by atoms with E-state index in [0.29, 0.717) is 40.4 Å². The second kappa shape index (κ2) is 10.3. The standard InChI is InChI=1S/C26H26F3N5O2/c1-15-18(10-7-11-20(15)26(27,28)29)16(2)31-24-19-12-23(36-14-17-8-5-4-6-9-17)22(35-3)13-21(19)32-25(33-24)34-30/h4-13,16H,14,30H2,1-3H3,(H2,31,32,33,34)/t16-/m1/s1. The van der Waals surface area contributed by atoms with Gasteiger partial charge in [-0.05, 0) is 42.7 Å². The van der Waals surface area contributed by atoms with Crippen molar-refractivity contribution in [1.29, 1.82) is 0 Å². The number of fused-ring (bicyclic) bond motifs is 1. The molecular formula is C26H26F3N5O2. The third-order valence-electron chi connectivity index (χ3n) is 5.85. The summed E-state index contributed by atoms with van der Waals surface area (Å²) in [6.45, 7) is 3.54. The molecule has 0 unspecified atom stereocenters. The molecule has 0 amide bonds. The quantitative estimate of drug-likeness (QED) is 0.203. The molecule has 4 aromatic rings. The van der Waals surface area contributed by atoms with E-state index >= 15 is 0 Å². The highest BCUT2D eigenvalue weighted by Crippen LogP contribution is 2.38. The van der Waals surface area contributed by atoms with Crippen molar-refractivity contribution in [2.45, 2.75) is 32.7 Å². The average molecular weight is 498 g/mol. The highest BCUT2D eigenvalue weighted by atomic mass is 19.4. The Labute approximate surface area is 206 Å². The van der Waals surface area contributed by atoms with Crippen molar-refractivity contribution >= 4 is 22.7 Å². The third-order valence-corrected chi connectivity index (χ3v) is 5.85. The van der Waals surface area contributed by atoms with E-state index in [4.69, 9.17) is 15.3 Å². The van der Waals surface area contributed by atoms with Gasteiger partial charge in [0.15, 0.2) is 11.5 Å². The number of anilines is 2. The van der Waals surface area contributed by atoms with Crippen LogP contribution >= 0.6 is 0 Å². The predicted molar refractivity (Wildman–Crippen MR) is 133 cm³/mol. The highest BCUT2D eigenvalue weighted by Gasteiger charge is 2.33. The molecule has 0 saturated carbocycles. The van der Waals surface area contributed by atoms with Gasteiger partial charge in [0.1, 0.15) is 12.4 Å². The van der Waals surface area contributed by atoms with Gasteiger partial charge in [0.05, 0.1) is 24.2 Å². The van der Waals surface area contributed by atoms with Crippen LogP contribution in [0.15, 0.2) is 60.7 Å². The van der Waals surface area contributed by atoms with E-state index in [0.717, 1.165) is 11.6 Å². The maximum atomic E-state index is 13.4. The maximum Gasteiger partial charge on any atom is 0.416 e. The van der Waals surface area contributed by atoms with Crippen LogP contribution in [0, 0.1) is 6.92 Å². The van der Waals surface area contributed by atoms with Gasteiger partial charge in [0, 0.05) is 11.5 Å². The molecule has 0 fully saturated rings. The molecule has 4 N–H and O–H groups in total. The lowest BCUT2D eigenvalue weighted by atomic mass is 9.97. The summed E-state index contributed by atoms with van der Waals surface area (Å²) >= 11 is 0. The second-order valence-corrected chi connectivity index (χ2v) is 8.22. The van der Waals surface area contributed by atoms with E-state index in [9.17, 15) is 13.2 Å². The number of nitrogen functional groups attached to an aromatic ring is 1. The van der Waals surface area contributed by atoms with Crippen LogP contribution in [0.4, 0.5) is 24.9 Å². The Hall–Kier alpha value is -4.05. The van der Waals surface area contributed by atoms with Gasteiger partial charge in [-0.2, -0.15) is 18.2 Å². The first-order valence-corrected chi connectivity index (χ1v) is 11.2. The van der Waals surface area contributed by atoms with E-state index in [1.165, 1.54) is 20.1 Å². The topological polar surface area (TPSA) is 94.3 Å². The van der Waals surface area contributed by atoms with Crippen LogP contribution < -0.4 is 26.1 Å². The number of nitrogens with two attached hydrogens (primary N) is 1. The van der Waals surface area contributed by atoms with E-state index < -0.39 is 17.8 Å². The highest BCUT2D eigenvalue weighted by molar-refractivity contribution is 5.92. The monoisotopic (exact) mass is 497 g/mol. The zero-order valence-electron chi connectivity index (χ0n) is 20.0. The lowest BCUT2D eigenvalue weighted by molar-refractivity contribution is -0.138. The van der Waals surface area contributed by atoms with Crippen molar-refractivity contribution in [2.75, 3.05) is 17.9 Å². The number of hydrogen-bond donors (Lipinski definition) is 3. The van der Waals surface area contributed by atoms with Crippen LogP contribution in [-0.4, -0.2) is 17.1 Å². The molecule has 0 aliphatic rings. The summed E-state index contributed by atoms with van der Waals surface area (Å²) in [4.78, 5) is 8.82. The fraction of sp³-hybridized carbons (Fsp3) is 0.231. The summed E-state index contributed by atoms with van der Waals surface area (Å²) in [5.41, 5.74) is 3.88. The molecule has 4 rings (SSSR count). The van der Waals surface area contributed by atoms with Crippen LogP contribution in [0.2, 0.25) is 0 Å². The molecule has 1 heterocycles. The molecule has 10 heteroatoms. The van der Waals surface area contributed by atoms with Crippen molar-refractivity contribution < 1.29 is 22.6 Å². The van der Waals surface area contributed by atoms with Crippen molar-refractivity contribution in [3.05, 3.63) is 82.9 Å². The number of methoxy groups -OCH3 is 1. The van der Waals surface area contributed by atoms with Crippen LogP contribution in [0.1, 0.15) is 35.2 Å². The Balaban J connectivity index is 1.73. The number of nitrogens with zero attached hydrogens (tertiary/aromatic N) is 2. The number of alkyl halides is 3. The van der Waals surface area contributed by atoms with Gasteiger partial charge in [-0.3, -0.25) is 5.43 Å². The Kier molecular flexibility index (Phi) is 7.16. The van der Waals surface area contributed by atoms with Crippen LogP contribution in [-0.2, 0) is 12.8 Å². The van der Waals surface area contributed by atoms with E-state index in [1.807, 2.05) is 30.3 Å². The van der Waals surface area contributed by atoms with Crippen LogP contribution in [0.25, 0.3) is 10.9 Å². The fourth-order valence-corrected chi connectivity index (χ4v) is 4.03. The van der Waals surface area contributed by atoms with Gasteiger partial charge in [-0.25, -0.2) is 10.8 Å². The minimum absolute atomic E-state index is 0.137. The lowest BCUT2D eigenvalue weighted by Gasteiger charge is -2.21. The Morgan fingerprint density at radius 2 is 1.75 bits per heavy atom. The van der Waals surface area contributed by atoms with Crippen LogP contribution in [0.5, 0.6) is 11.5 Å². The predicted octanol–water partition coefficient (Wildman–Crippen LogP) is 6.00. The number of ether oxygens (including phenoxy) is 2. The van der Waals surface area contributed by atoms with Gasteiger partial charge in [-0.15, -0.1) is 0 Å². The van der Waals surface area contributed by atoms with Crippen LogP contribution in [0.3, 0.4) is 0 Å². The summed E-state index contributed by atoms with van der Waals surface area (Å²) in [5.74, 6) is 7.02. The molecule has 36 heavy (non-hydrogen) atoms. The summed E-state index contributed by atoms with van der Waals surface area (Å²) in [6, 6.07) is 16.7. The summed E-state index contributed by atoms with van der Waals surface area (Å²) in [6.07, 6.45) is -4.44. The van der Waals surface area contributed by atoms with Gasteiger partial charge < -0.3 is 14.8 Å². The molecule has 0 aliphatic heterocycles. The Morgan fingerprint density at radius 3 is 2.42 bits per heavy atom. The van der Waals surface area contributed by atoms with Crippen molar-refractivity contribution in [3.63, 3.8) is 0 Å². The van der Waals surface area contributed by atoms with E-state index in [2.05, 4.69) is 20.7 Å². The number of benzene rings is 3. The molecule has 188 valence electrons. The van der Waals surface area contributed by atoms with Crippen molar-refractivity contribution in [3.8, 4) is 11.5 Å². The summed E-state index contributed by atoms with van der Waals surface area (Å²) < 4.78 is 51.9. The number of aromatic nitrogens is 2. The van der Waals surface area contributed by atoms with Gasteiger partial charge in [0.25, 0.3) is 0 Å². The fourth-order valence-electron chi connectivity index (χ4n) is 4.03. The first kappa shape index (κ1) is 25.1. The zero-order chi connectivity index (χ0) is 25.9. The third kappa shape index (κ3) is 5.28. The van der Waals surface area contributed by atoms with Gasteiger partial charge >= 0.3 is 6.18 Å². The zero-order valence-corrected chi connectivity index (χ0v) is 20.0. The summed E-state index contributed by atoms with van der Waals surface area (Å²) in [5, 5.41) is 3.82. The molecular weight excluding hydrogens is 471 g/mol. The van der Waals surface area contributed by atoms with Crippen molar-refractivity contribution in [1.82, 2.24) is 9.97 Å². The minimum Gasteiger partial charge on any atom is -0.493 e. The van der Waals surface area contributed by atoms with Crippen molar-refractivity contribution in [2.24, 2.45) is 5.84 Å². The lowest BCUT2D eigenvalue weighted by Crippen LogP contribution is -2.16. The molecule has 0 radical (unpaired) electrons. The minimum atomic E-state index is -4.44. The number of halogens is 3. The molecule has 1 aromatic heterocycles. The Morgan fingerprint density at radius 1 is 1.00 bits per heavy atom. The van der Waals surface area contributed by atoms with E-state index in [-0.39, 0.29) is 11.5 Å². The average Bonchev–Trinajstić information content (AvgIpc) is 2.86. The van der Waals surface area contributed by atoms with E-state index in [1.54, 1.807) is 25.1 Å². The smallest absolute Gasteiger partial charge is 0.416 e. The molecule has 0 saturated heterocycles. The second-order valence-electron chi connectivity index (χ2n) is 8.22. The number of nitrogens with one attached hydrogen (secondary N) is 2. The largest absolute Gasteiger partial charge is 0.493 e. The number of rotatable bonds is 8. The molecule has 1 atom stereocenters. The molecule has 0 aliphatic carbocycles. The molecule has 3 aromatic carbocycles. The molecule has 0 spiro atoms. The maximum absolute atomic E-state index is 13.4. The molecule has 7 nitrogen and oxygen atoms in total. The SMILES string of the molecule is COc1cc2nc(NN)nc(N[C@H](C)c3cccc(C(F)(F)F)c3C)c2cc1OCc1ccccc1.